The molecule has 1 aromatic heterocycles. The largest absolute Gasteiger partial charge is 0 e. The van der Waals surface area contributed by atoms with E-state index >= 15 is 0 Å². The van der Waals surface area contributed by atoms with Crippen LogP contribution in [0.4, 0.5) is 5.82 Å². The minimum Gasteiger partial charge on any atom is 0 e. The summed E-state index contributed by atoms with van der Waals surface area (Å²) in [4.78, 5) is 0. The van der Waals surface area contributed by atoms with Crippen molar-refractivity contribution in [3.8, 4) is 0 Å². The molecular formula is C5H7BN4Y-. The van der Waals surface area contributed by atoms with Crippen molar-refractivity contribution in [2.24, 2.45) is 12.1 Å². The van der Waals surface area contributed by atoms with E-state index in [9.17, 15) is 0 Å². The van der Waals surface area contributed by atoms with Crippen LogP contribution in [-0.4, -0.2) is 17.4 Å². The van der Waals surface area contributed by atoms with Gasteiger partial charge in [-0.3, -0.25) is 0 Å². The second-order valence-corrected chi connectivity index (χ2v) is 1.95. The maximum atomic E-state index is 4.92. The first-order chi connectivity index (χ1) is 4.75. The quantitative estimate of drug-likeness (QED) is 0.442. The first-order valence-electron chi connectivity index (χ1n) is 2.83. The molecule has 0 fully saturated rings. The van der Waals surface area contributed by atoms with Gasteiger partial charge in [-0.15, -0.1) is 0 Å². The Morgan fingerprint density at radius 1 is 1.73 bits per heavy atom. The Kier molecular flexibility index (Phi) is 4.77. The van der Waals surface area contributed by atoms with E-state index in [1.165, 1.54) is 0 Å². The molecule has 0 aliphatic rings. The summed E-state index contributed by atoms with van der Waals surface area (Å²) in [6, 6.07) is 0. The van der Waals surface area contributed by atoms with E-state index in [0.717, 1.165) is 11.4 Å². The SMILES string of the molecule is [B]=NNc1c(C)[c-]nn1C.[Y]. The summed E-state index contributed by atoms with van der Waals surface area (Å²) in [5.41, 5.74) is 3.50. The van der Waals surface area contributed by atoms with Gasteiger partial charge in [0.05, 0.1) is 0 Å². The maximum Gasteiger partial charge on any atom is 0 e. The molecule has 1 heterocycles. The Hall–Kier alpha value is -0.0212. The fourth-order valence-corrected chi connectivity index (χ4v) is 0.713. The summed E-state index contributed by atoms with van der Waals surface area (Å²) in [7, 11) is 6.71. The molecular weight excluding hydrogens is 216 g/mol. The zero-order chi connectivity index (χ0) is 7.56. The summed E-state index contributed by atoms with van der Waals surface area (Å²) in [5.74, 6) is 0.766. The Morgan fingerprint density at radius 3 is 2.73 bits per heavy atom. The van der Waals surface area contributed by atoms with Gasteiger partial charge in [0, 0.05) is 32.7 Å². The molecule has 11 heavy (non-hydrogen) atoms. The monoisotopic (exact) mass is 223 g/mol. The Labute approximate surface area is 91.7 Å². The predicted molar refractivity (Wildman–Crippen MR) is 38.6 cm³/mol. The van der Waals surface area contributed by atoms with Gasteiger partial charge in [0.1, 0.15) is 0 Å². The molecule has 1 N–H and O–H groups in total. The molecule has 0 amide bonds. The van der Waals surface area contributed by atoms with E-state index in [2.05, 4.69) is 21.7 Å². The maximum absolute atomic E-state index is 4.92. The van der Waals surface area contributed by atoms with Gasteiger partial charge < -0.3 is 0 Å². The van der Waals surface area contributed by atoms with Gasteiger partial charge >= 0.3 is 59.4 Å². The molecule has 0 unspecified atom stereocenters. The van der Waals surface area contributed by atoms with Gasteiger partial charge in [0.2, 0.25) is 0 Å². The van der Waals surface area contributed by atoms with Crippen LogP contribution in [0.15, 0.2) is 5.00 Å². The molecule has 0 aliphatic heterocycles. The number of anilines is 1. The first kappa shape index (κ1) is 11.0. The number of rotatable bonds is 2. The third kappa shape index (κ3) is 2.49. The average molecular weight is 223 g/mol. The van der Waals surface area contributed by atoms with E-state index in [1.54, 1.807) is 11.7 Å². The van der Waals surface area contributed by atoms with Crippen molar-refractivity contribution in [1.82, 2.24) is 9.78 Å². The van der Waals surface area contributed by atoms with Crippen molar-refractivity contribution in [3.63, 3.8) is 0 Å². The number of nitrogens with one attached hydrogen (secondary N) is 1. The van der Waals surface area contributed by atoms with E-state index in [1.807, 2.05) is 6.92 Å². The topological polar surface area (TPSA) is 42.2 Å². The third-order valence-corrected chi connectivity index (χ3v) is 1.22. The molecule has 54 valence electrons. The number of hydrogen-bond acceptors (Lipinski definition) is 3. The summed E-state index contributed by atoms with van der Waals surface area (Å²) >= 11 is 0. The van der Waals surface area contributed by atoms with Gasteiger partial charge in [-0.1, -0.05) is 0 Å². The van der Waals surface area contributed by atoms with Gasteiger partial charge in [0.25, 0.3) is 0 Å². The molecule has 0 bridgehead atoms. The van der Waals surface area contributed by atoms with Gasteiger partial charge in [-0.25, -0.2) is 0 Å². The van der Waals surface area contributed by atoms with Crippen LogP contribution in [0.3, 0.4) is 0 Å². The van der Waals surface area contributed by atoms with Crippen molar-refractivity contribution in [2.75, 3.05) is 5.43 Å². The molecule has 6 heteroatoms. The fraction of sp³-hybridized carbons (Fsp3) is 0.400. The fourth-order valence-electron chi connectivity index (χ4n) is 0.713. The Balaban J connectivity index is 0.000001000. The normalized spacial score (nSPS) is 8.45. The number of nitrogens with zero attached hydrogens (tertiary/aromatic N) is 3. The van der Waals surface area contributed by atoms with Crippen molar-refractivity contribution in [3.05, 3.63) is 11.8 Å². The van der Waals surface area contributed by atoms with E-state index in [4.69, 9.17) is 7.64 Å². The molecule has 4 nitrogen and oxygen atoms in total. The zero-order valence-electron chi connectivity index (χ0n) is 6.50. The van der Waals surface area contributed by atoms with Crippen molar-refractivity contribution < 1.29 is 32.7 Å². The predicted octanol–water partition coefficient (Wildman–Crippen LogP) is 0.205. The van der Waals surface area contributed by atoms with Gasteiger partial charge in [0.15, 0.2) is 0 Å². The summed E-state index contributed by atoms with van der Waals surface area (Å²) in [6.45, 7) is 1.88. The molecule has 2 radical (unpaired) electrons. The molecule has 0 aliphatic carbocycles. The second-order valence-electron chi connectivity index (χ2n) is 1.95. The van der Waals surface area contributed by atoms with Crippen LogP contribution in [-0.2, 0) is 39.8 Å². The molecule has 0 atom stereocenters. The van der Waals surface area contributed by atoms with E-state index in [0.29, 0.717) is 0 Å². The number of aryl methyl sites for hydroxylation is 2. The smallest absolute Gasteiger partial charge is 0 e. The van der Waals surface area contributed by atoms with Crippen LogP contribution in [0.2, 0.25) is 0 Å². The van der Waals surface area contributed by atoms with Gasteiger partial charge in [-0.2, -0.15) is 0 Å². The molecule has 1 aromatic rings. The molecule has 0 saturated heterocycles. The number of hydrogen-bond donors (Lipinski definition) is 1. The van der Waals surface area contributed by atoms with Crippen molar-refractivity contribution in [1.29, 1.82) is 0 Å². The number of aromatic nitrogens is 2. The van der Waals surface area contributed by atoms with Crippen molar-refractivity contribution >= 4 is 13.5 Å². The van der Waals surface area contributed by atoms with Crippen LogP contribution >= 0.6 is 0 Å². The van der Waals surface area contributed by atoms with Crippen LogP contribution < -0.4 is 5.43 Å². The van der Waals surface area contributed by atoms with Crippen LogP contribution in [0.25, 0.3) is 0 Å². The van der Waals surface area contributed by atoms with E-state index < -0.39 is 0 Å². The Bertz CT molecular complexity index is 227. The molecule has 0 spiro atoms. The summed E-state index contributed by atoms with van der Waals surface area (Å²) in [6.07, 6.45) is 2.76. The van der Waals surface area contributed by atoms with Crippen LogP contribution in [0.1, 0.15) is 5.56 Å². The van der Waals surface area contributed by atoms with Gasteiger partial charge in [-0.05, 0) is 0 Å². The molecule has 0 saturated carbocycles. The standard InChI is InChI=1S/C5H7BN4.Y/c1-4-3-7-10(2)5(4)8-9-6;/h8H,1-2H3;/q-1;. The van der Waals surface area contributed by atoms with Crippen LogP contribution in [0.5, 0.6) is 0 Å². The first-order valence-corrected chi connectivity index (χ1v) is 2.83. The minimum atomic E-state index is 0. The minimum absolute atomic E-state index is 0. The average Bonchev–Trinajstić information content (AvgIpc) is 2.20. The van der Waals surface area contributed by atoms with Crippen LogP contribution in [0, 0.1) is 13.1 Å². The second kappa shape index (κ2) is 4.78. The molecule has 0 aromatic carbocycles. The Morgan fingerprint density at radius 2 is 2.36 bits per heavy atom. The van der Waals surface area contributed by atoms with Crippen molar-refractivity contribution in [2.45, 2.75) is 6.92 Å². The summed E-state index contributed by atoms with van der Waals surface area (Å²) in [5, 5.41) is 7.12. The molecule has 1 rings (SSSR count). The zero-order valence-corrected chi connectivity index (χ0v) is 9.33. The third-order valence-electron chi connectivity index (χ3n) is 1.22. The van der Waals surface area contributed by atoms with E-state index in [-0.39, 0.29) is 32.7 Å². The summed E-state index contributed by atoms with van der Waals surface area (Å²) < 4.78 is 1.62.